The fraction of sp³-hybridized carbons (Fsp3) is 0.320. The van der Waals surface area contributed by atoms with Gasteiger partial charge in [-0.25, -0.2) is 4.68 Å². The number of benzene rings is 2. The number of nitrogens with one attached hydrogen (secondary N) is 1. The van der Waals surface area contributed by atoms with Crippen molar-refractivity contribution in [1.82, 2.24) is 14.8 Å². The molecule has 2 unspecified atom stereocenters. The number of methoxy groups -OCH3 is 2. The standard InChI is InChI=1S/C25H26N4O3/c1-14-5-7-16(8-6-14)18-11-19-23(20(30)12-18)24(29-25(27-19)26-15(2)28-29)17-9-10-21(31-3)22(13-17)32-4/h5-10,13,18,24H,11-12H2,1-4H3,(H,26,27,28). The molecule has 5 rings (SSSR count). The Morgan fingerprint density at radius 1 is 0.969 bits per heavy atom. The minimum absolute atomic E-state index is 0.128. The van der Waals surface area contributed by atoms with Gasteiger partial charge in [0.2, 0.25) is 5.95 Å². The number of aryl methyl sites for hydroxylation is 2. The van der Waals surface area contributed by atoms with Gasteiger partial charge in [-0.15, -0.1) is 0 Å². The number of rotatable bonds is 4. The van der Waals surface area contributed by atoms with Gasteiger partial charge in [-0.3, -0.25) is 4.79 Å². The van der Waals surface area contributed by atoms with E-state index in [1.807, 2.05) is 25.1 Å². The van der Waals surface area contributed by atoms with Crippen molar-refractivity contribution >= 4 is 11.7 Å². The van der Waals surface area contributed by atoms with Crippen molar-refractivity contribution in [3.63, 3.8) is 0 Å². The SMILES string of the molecule is COc1ccc(C2C3=C(CC(c4ccc(C)cc4)CC3=O)Nc3nc(C)nn32)cc1OC. The highest BCUT2D eigenvalue weighted by molar-refractivity contribution is 6.00. The lowest BCUT2D eigenvalue weighted by atomic mass is 9.78. The van der Waals surface area contributed by atoms with Crippen molar-refractivity contribution in [1.29, 1.82) is 0 Å². The highest BCUT2D eigenvalue weighted by atomic mass is 16.5. The number of Topliss-reactive ketones (excluding diaryl/α,β-unsaturated/α-hetero) is 1. The number of anilines is 1. The number of ether oxygens (including phenoxy) is 2. The fourth-order valence-electron chi connectivity index (χ4n) is 4.72. The summed E-state index contributed by atoms with van der Waals surface area (Å²) in [6.07, 6.45) is 1.22. The van der Waals surface area contributed by atoms with E-state index in [1.54, 1.807) is 18.9 Å². The summed E-state index contributed by atoms with van der Waals surface area (Å²) in [5.41, 5.74) is 4.97. The summed E-state index contributed by atoms with van der Waals surface area (Å²) in [5.74, 6) is 2.83. The highest BCUT2D eigenvalue weighted by Crippen LogP contribution is 2.45. The van der Waals surface area contributed by atoms with Gasteiger partial charge in [0.25, 0.3) is 0 Å². The molecule has 164 valence electrons. The molecule has 0 amide bonds. The van der Waals surface area contributed by atoms with Gasteiger partial charge in [0.15, 0.2) is 17.3 Å². The van der Waals surface area contributed by atoms with Crippen LogP contribution in [0.15, 0.2) is 53.7 Å². The van der Waals surface area contributed by atoms with E-state index in [1.165, 1.54) is 11.1 Å². The first-order valence-corrected chi connectivity index (χ1v) is 10.7. The molecule has 0 saturated heterocycles. The summed E-state index contributed by atoms with van der Waals surface area (Å²) in [7, 11) is 3.22. The van der Waals surface area contributed by atoms with Crippen molar-refractivity contribution in [3.05, 3.63) is 76.2 Å². The maximum absolute atomic E-state index is 13.5. The van der Waals surface area contributed by atoms with Crippen LogP contribution in [-0.4, -0.2) is 34.8 Å². The molecule has 1 aliphatic heterocycles. The number of aromatic nitrogens is 3. The van der Waals surface area contributed by atoms with Crippen LogP contribution in [0, 0.1) is 13.8 Å². The number of nitrogens with zero attached hydrogens (tertiary/aromatic N) is 3. The minimum Gasteiger partial charge on any atom is -0.493 e. The first kappa shape index (κ1) is 20.3. The monoisotopic (exact) mass is 430 g/mol. The molecule has 2 heterocycles. The van der Waals surface area contributed by atoms with Crippen LogP contribution in [0.5, 0.6) is 11.5 Å². The van der Waals surface area contributed by atoms with Gasteiger partial charge in [0.05, 0.1) is 14.2 Å². The maximum Gasteiger partial charge on any atom is 0.226 e. The molecule has 1 aromatic heterocycles. The second kappa shape index (κ2) is 7.82. The molecular formula is C25H26N4O3. The summed E-state index contributed by atoms with van der Waals surface area (Å²) < 4.78 is 12.7. The first-order chi connectivity index (χ1) is 15.5. The number of carbonyl (C=O) groups is 1. The maximum atomic E-state index is 13.5. The van der Waals surface area contributed by atoms with Gasteiger partial charge in [-0.05, 0) is 49.4 Å². The van der Waals surface area contributed by atoms with E-state index < -0.39 is 0 Å². The lowest BCUT2D eigenvalue weighted by Gasteiger charge is -2.35. The molecule has 0 saturated carbocycles. The molecule has 7 nitrogen and oxygen atoms in total. The Morgan fingerprint density at radius 2 is 1.69 bits per heavy atom. The van der Waals surface area contributed by atoms with Crippen LogP contribution < -0.4 is 14.8 Å². The molecule has 2 aliphatic rings. The number of carbonyl (C=O) groups excluding carboxylic acids is 1. The van der Waals surface area contributed by atoms with Crippen LogP contribution in [0.3, 0.4) is 0 Å². The topological polar surface area (TPSA) is 78.3 Å². The molecule has 0 spiro atoms. The van der Waals surface area contributed by atoms with Crippen molar-refractivity contribution in [2.75, 3.05) is 19.5 Å². The zero-order chi connectivity index (χ0) is 22.4. The van der Waals surface area contributed by atoms with Gasteiger partial charge in [-0.1, -0.05) is 35.9 Å². The Labute approximate surface area is 187 Å². The van der Waals surface area contributed by atoms with E-state index >= 15 is 0 Å². The largest absolute Gasteiger partial charge is 0.493 e. The first-order valence-electron chi connectivity index (χ1n) is 10.7. The molecule has 3 aromatic rings. The Kier molecular flexibility index (Phi) is 4.96. The van der Waals surface area contributed by atoms with E-state index in [0.29, 0.717) is 29.7 Å². The number of allylic oxidation sites excluding steroid dienone is 2. The van der Waals surface area contributed by atoms with Crippen LogP contribution >= 0.6 is 0 Å². The Hall–Kier alpha value is -3.61. The number of ketones is 1. The second-order valence-corrected chi connectivity index (χ2v) is 8.40. The Morgan fingerprint density at radius 3 is 2.41 bits per heavy atom. The van der Waals surface area contributed by atoms with E-state index in [2.05, 4.69) is 46.6 Å². The van der Waals surface area contributed by atoms with Gasteiger partial charge in [0.1, 0.15) is 11.9 Å². The predicted octanol–water partition coefficient (Wildman–Crippen LogP) is 4.33. The van der Waals surface area contributed by atoms with Crippen LogP contribution in [0.2, 0.25) is 0 Å². The van der Waals surface area contributed by atoms with E-state index in [4.69, 9.17) is 9.47 Å². The molecule has 0 fully saturated rings. The zero-order valence-electron chi connectivity index (χ0n) is 18.7. The van der Waals surface area contributed by atoms with E-state index in [-0.39, 0.29) is 17.7 Å². The summed E-state index contributed by atoms with van der Waals surface area (Å²) >= 11 is 0. The Bertz CT molecular complexity index is 1230. The number of fused-ring (bicyclic) bond motifs is 1. The minimum atomic E-state index is -0.367. The molecule has 32 heavy (non-hydrogen) atoms. The third-order valence-electron chi connectivity index (χ3n) is 6.30. The van der Waals surface area contributed by atoms with Gasteiger partial charge in [-0.2, -0.15) is 10.1 Å². The lowest BCUT2D eigenvalue weighted by molar-refractivity contribution is -0.116. The third-order valence-corrected chi connectivity index (χ3v) is 6.30. The molecular weight excluding hydrogens is 404 g/mol. The van der Waals surface area contributed by atoms with Crippen molar-refractivity contribution in [2.45, 2.75) is 38.6 Å². The normalized spacial score (nSPS) is 19.8. The second-order valence-electron chi connectivity index (χ2n) is 8.40. The van der Waals surface area contributed by atoms with Gasteiger partial charge >= 0.3 is 0 Å². The van der Waals surface area contributed by atoms with Crippen molar-refractivity contribution in [2.24, 2.45) is 0 Å². The summed E-state index contributed by atoms with van der Waals surface area (Å²) in [6, 6.07) is 13.8. The quantitative estimate of drug-likeness (QED) is 0.664. The molecule has 2 aromatic carbocycles. The summed E-state index contributed by atoms with van der Waals surface area (Å²) in [4.78, 5) is 18.1. The van der Waals surface area contributed by atoms with Crippen LogP contribution in [0.25, 0.3) is 0 Å². The lowest BCUT2D eigenvalue weighted by Crippen LogP contribution is -2.33. The predicted molar refractivity (Wildman–Crippen MR) is 121 cm³/mol. The Balaban J connectivity index is 1.61. The smallest absolute Gasteiger partial charge is 0.226 e. The number of hydrogen-bond acceptors (Lipinski definition) is 6. The molecule has 1 N–H and O–H groups in total. The molecule has 0 radical (unpaired) electrons. The van der Waals surface area contributed by atoms with Crippen molar-refractivity contribution in [3.8, 4) is 11.5 Å². The zero-order valence-corrected chi connectivity index (χ0v) is 18.7. The fourth-order valence-corrected chi connectivity index (χ4v) is 4.72. The molecule has 2 atom stereocenters. The van der Waals surface area contributed by atoms with E-state index in [9.17, 15) is 4.79 Å². The third kappa shape index (κ3) is 3.34. The highest BCUT2D eigenvalue weighted by Gasteiger charge is 2.39. The van der Waals surface area contributed by atoms with Crippen LogP contribution in [0.4, 0.5) is 5.95 Å². The molecule has 0 bridgehead atoms. The van der Waals surface area contributed by atoms with Crippen LogP contribution in [-0.2, 0) is 4.79 Å². The van der Waals surface area contributed by atoms with E-state index in [0.717, 1.165) is 23.3 Å². The number of hydrogen-bond donors (Lipinski definition) is 1. The average molecular weight is 431 g/mol. The van der Waals surface area contributed by atoms with Gasteiger partial charge < -0.3 is 14.8 Å². The summed E-state index contributed by atoms with van der Waals surface area (Å²) in [5, 5.41) is 8.01. The van der Waals surface area contributed by atoms with Crippen molar-refractivity contribution < 1.29 is 14.3 Å². The molecule has 1 aliphatic carbocycles. The van der Waals surface area contributed by atoms with Gasteiger partial charge in [0, 0.05) is 17.7 Å². The summed E-state index contributed by atoms with van der Waals surface area (Å²) in [6.45, 7) is 3.93. The average Bonchev–Trinajstić information content (AvgIpc) is 3.17. The van der Waals surface area contributed by atoms with Crippen LogP contribution in [0.1, 0.15) is 47.3 Å². The molecule has 7 heteroatoms.